The smallest absolute Gasteiger partial charge is 0.141 e. The molecule has 0 saturated carbocycles. The van der Waals surface area contributed by atoms with Crippen LogP contribution in [0.4, 0.5) is 5.69 Å². The van der Waals surface area contributed by atoms with Crippen molar-refractivity contribution in [2.24, 2.45) is 0 Å². The second-order valence-corrected chi connectivity index (χ2v) is 4.19. The number of nitrogens with one attached hydrogen (secondary N) is 1. The van der Waals surface area contributed by atoms with E-state index in [0.717, 1.165) is 25.1 Å². The number of hydrogen-bond acceptors (Lipinski definition) is 3. The summed E-state index contributed by atoms with van der Waals surface area (Å²) in [5.41, 5.74) is 0.784. The summed E-state index contributed by atoms with van der Waals surface area (Å²) in [7, 11) is 0. The molecule has 0 amide bonds. The van der Waals surface area contributed by atoms with Gasteiger partial charge in [-0.25, -0.2) is 0 Å². The Morgan fingerprint density at radius 3 is 2.94 bits per heavy atom. The number of ether oxygens (including phenoxy) is 1. The Morgan fingerprint density at radius 2 is 2.31 bits per heavy atom. The van der Waals surface area contributed by atoms with E-state index in [1.807, 2.05) is 18.2 Å². The Labute approximate surface area is 100.0 Å². The molecule has 0 aromatic heterocycles. The molecule has 2 unspecified atom stereocenters. The fourth-order valence-electron chi connectivity index (χ4n) is 1.82. The normalized spacial score (nSPS) is 21.4. The Kier molecular flexibility index (Phi) is 3.66. The van der Waals surface area contributed by atoms with Gasteiger partial charge in [0.1, 0.15) is 6.04 Å². The van der Waals surface area contributed by atoms with Crippen molar-refractivity contribution in [2.45, 2.75) is 25.0 Å². The van der Waals surface area contributed by atoms with E-state index in [0.29, 0.717) is 5.02 Å². The number of anilines is 1. The number of halogens is 1. The predicted molar refractivity (Wildman–Crippen MR) is 63.4 cm³/mol. The number of rotatable bonds is 3. The highest BCUT2D eigenvalue weighted by molar-refractivity contribution is 6.33. The second kappa shape index (κ2) is 5.20. The van der Waals surface area contributed by atoms with Gasteiger partial charge >= 0.3 is 0 Å². The molecule has 2 atom stereocenters. The first kappa shape index (κ1) is 11.3. The molecule has 1 heterocycles. The van der Waals surface area contributed by atoms with Gasteiger partial charge in [0.2, 0.25) is 0 Å². The summed E-state index contributed by atoms with van der Waals surface area (Å²) in [6.45, 7) is 0.743. The molecular weight excluding hydrogens is 224 g/mol. The minimum atomic E-state index is -0.331. The Hall–Kier alpha value is -1.24. The quantitative estimate of drug-likeness (QED) is 0.878. The number of para-hydroxylation sites is 1. The van der Waals surface area contributed by atoms with Crippen molar-refractivity contribution in [1.29, 1.82) is 5.26 Å². The molecule has 2 rings (SSSR count). The van der Waals surface area contributed by atoms with E-state index in [9.17, 15) is 0 Å². The molecule has 1 N–H and O–H groups in total. The van der Waals surface area contributed by atoms with E-state index in [2.05, 4.69) is 11.4 Å². The third kappa shape index (κ3) is 2.46. The van der Waals surface area contributed by atoms with Gasteiger partial charge in [-0.05, 0) is 25.0 Å². The average molecular weight is 237 g/mol. The minimum absolute atomic E-state index is 0.0266. The number of benzene rings is 1. The van der Waals surface area contributed by atoms with E-state index in [1.54, 1.807) is 6.07 Å². The third-order valence-electron chi connectivity index (χ3n) is 2.66. The van der Waals surface area contributed by atoms with Crippen molar-refractivity contribution in [3.63, 3.8) is 0 Å². The molecule has 0 radical (unpaired) electrons. The highest BCUT2D eigenvalue weighted by atomic mass is 35.5. The Bertz CT molecular complexity index is 396. The number of hydrogen-bond donors (Lipinski definition) is 1. The largest absolute Gasteiger partial charge is 0.375 e. The first-order valence-electron chi connectivity index (χ1n) is 5.33. The average Bonchev–Trinajstić information content (AvgIpc) is 2.81. The molecule has 1 aromatic rings. The van der Waals surface area contributed by atoms with Gasteiger partial charge in [-0.3, -0.25) is 0 Å². The first-order valence-corrected chi connectivity index (χ1v) is 5.71. The maximum absolute atomic E-state index is 9.10. The lowest BCUT2D eigenvalue weighted by Crippen LogP contribution is -2.31. The molecule has 1 aliphatic rings. The van der Waals surface area contributed by atoms with Gasteiger partial charge in [0, 0.05) is 6.61 Å². The van der Waals surface area contributed by atoms with Crippen molar-refractivity contribution in [2.75, 3.05) is 11.9 Å². The van der Waals surface area contributed by atoms with E-state index >= 15 is 0 Å². The molecule has 0 bridgehead atoms. The Balaban J connectivity index is 2.07. The zero-order valence-electron chi connectivity index (χ0n) is 8.82. The topological polar surface area (TPSA) is 45.0 Å². The zero-order valence-corrected chi connectivity index (χ0v) is 9.57. The third-order valence-corrected chi connectivity index (χ3v) is 2.99. The van der Waals surface area contributed by atoms with Crippen LogP contribution in [-0.2, 0) is 4.74 Å². The number of nitrogens with zero attached hydrogens (tertiary/aromatic N) is 1. The SMILES string of the molecule is N#CC(Nc1ccccc1Cl)C1CCCO1. The summed E-state index contributed by atoms with van der Waals surface area (Å²) < 4.78 is 5.49. The molecule has 0 aliphatic carbocycles. The van der Waals surface area contributed by atoms with Gasteiger partial charge in [-0.1, -0.05) is 23.7 Å². The lowest BCUT2D eigenvalue weighted by molar-refractivity contribution is 0.107. The monoisotopic (exact) mass is 236 g/mol. The molecular formula is C12H13ClN2O. The maximum atomic E-state index is 9.10. The van der Waals surface area contributed by atoms with Gasteiger partial charge in [-0.15, -0.1) is 0 Å². The van der Waals surface area contributed by atoms with Crippen LogP contribution in [-0.4, -0.2) is 18.8 Å². The molecule has 16 heavy (non-hydrogen) atoms. The van der Waals surface area contributed by atoms with E-state index in [-0.39, 0.29) is 12.1 Å². The molecule has 3 nitrogen and oxygen atoms in total. The Morgan fingerprint density at radius 1 is 1.50 bits per heavy atom. The lowest BCUT2D eigenvalue weighted by atomic mass is 10.1. The van der Waals surface area contributed by atoms with Crippen LogP contribution in [0, 0.1) is 11.3 Å². The fraction of sp³-hybridized carbons (Fsp3) is 0.417. The zero-order chi connectivity index (χ0) is 11.4. The van der Waals surface area contributed by atoms with Crippen LogP contribution in [0.2, 0.25) is 5.02 Å². The summed E-state index contributed by atoms with van der Waals surface area (Å²) in [5.74, 6) is 0. The van der Waals surface area contributed by atoms with Gasteiger partial charge < -0.3 is 10.1 Å². The fourth-order valence-corrected chi connectivity index (χ4v) is 2.01. The second-order valence-electron chi connectivity index (χ2n) is 3.78. The van der Waals surface area contributed by atoms with Crippen molar-refractivity contribution < 1.29 is 4.74 Å². The molecule has 1 fully saturated rings. The van der Waals surface area contributed by atoms with E-state index in [1.165, 1.54) is 0 Å². The van der Waals surface area contributed by atoms with E-state index < -0.39 is 0 Å². The van der Waals surface area contributed by atoms with Crippen LogP contribution in [0.3, 0.4) is 0 Å². The highest BCUT2D eigenvalue weighted by Gasteiger charge is 2.26. The van der Waals surface area contributed by atoms with Crippen LogP contribution in [0.5, 0.6) is 0 Å². The van der Waals surface area contributed by atoms with Gasteiger partial charge in [0.25, 0.3) is 0 Å². The highest BCUT2D eigenvalue weighted by Crippen LogP contribution is 2.24. The molecule has 1 saturated heterocycles. The minimum Gasteiger partial charge on any atom is -0.375 e. The predicted octanol–water partition coefficient (Wildman–Crippen LogP) is 2.82. The lowest BCUT2D eigenvalue weighted by Gasteiger charge is -2.19. The molecule has 1 aliphatic heterocycles. The van der Waals surface area contributed by atoms with Crippen molar-refractivity contribution >= 4 is 17.3 Å². The maximum Gasteiger partial charge on any atom is 0.141 e. The van der Waals surface area contributed by atoms with Gasteiger partial charge in [-0.2, -0.15) is 5.26 Å². The summed E-state index contributed by atoms with van der Waals surface area (Å²) in [5, 5.41) is 12.8. The van der Waals surface area contributed by atoms with Crippen LogP contribution in [0.1, 0.15) is 12.8 Å². The molecule has 1 aromatic carbocycles. The van der Waals surface area contributed by atoms with Crippen LogP contribution in [0.15, 0.2) is 24.3 Å². The molecule has 84 valence electrons. The summed E-state index contributed by atoms with van der Waals surface area (Å²) in [6.07, 6.45) is 1.92. The summed E-state index contributed by atoms with van der Waals surface area (Å²) >= 11 is 6.02. The summed E-state index contributed by atoms with van der Waals surface area (Å²) in [4.78, 5) is 0. The van der Waals surface area contributed by atoms with Crippen molar-refractivity contribution in [3.8, 4) is 6.07 Å². The first-order chi connectivity index (χ1) is 7.81. The van der Waals surface area contributed by atoms with Gasteiger partial charge in [0.15, 0.2) is 0 Å². The van der Waals surface area contributed by atoms with Crippen LogP contribution < -0.4 is 5.32 Å². The summed E-state index contributed by atoms with van der Waals surface area (Å²) in [6, 6.07) is 9.31. The van der Waals surface area contributed by atoms with Crippen LogP contribution >= 0.6 is 11.6 Å². The van der Waals surface area contributed by atoms with E-state index in [4.69, 9.17) is 21.6 Å². The van der Waals surface area contributed by atoms with Crippen molar-refractivity contribution in [1.82, 2.24) is 0 Å². The molecule has 4 heteroatoms. The molecule has 0 spiro atoms. The number of nitriles is 1. The van der Waals surface area contributed by atoms with Gasteiger partial charge in [0.05, 0.1) is 22.9 Å². The van der Waals surface area contributed by atoms with Crippen molar-refractivity contribution in [3.05, 3.63) is 29.3 Å². The van der Waals surface area contributed by atoms with Crippen LogP contribution in [0.25, 0.3) is 0 Å². The standard InChI is InChI=1S/C12H13ClN2O/c13-9-4-1-2-5-10(9)15-11(8-14)12-6-3-7-16-12/h1-2,4-5,11-12,15H,3,6-7H2.